The number of nitrogens with zero attached hydrogens (tertiary/aromatic N) is 3. The maximum Gasteiger partial charge on any atom is 0.273 e. The van der Waals surface area contributed by atoms with Crippen LogP contribution >= 0.6 is 0 Å². The van der Waals surface area contributed by atoms with E-state index in [1.165, 1.54) is 5.56 Å². The lowest BCUT2D eigenvalue weighted by atomic mass is 10.0. The van der Waals surface area contributed by atoms with E-state index in [1.54, 1.807) is 13.2 Å². The van der Waals surface area contributed by atoms with E-state index in [4.69, 9.17) is 9.72 Å². The van der Waals surface area contributed by atoms with Gasteiger partial charge < -0.3 is 14.2 Å². The second-order valence-electron chi connectivity index (χ2n) is 7.30. The molecule has 1 amide bonds. The zero-order valence-corrected chi connectivity index (χ0v) is 16.8. The first-order valence-corrected chi connectivity index (χ1v) is 9.79. The van der Waals surface area contributed by atoms with Crippen LogP contribution in [-0.4, -0.2) is 40.1 Å². The fourth-order valence-electron chi connectivity index (χ4n) is 4.02. The number of aryl methyl sites for hydroxylation is 1. The first-order valence-electron chi connectivity index (χ1n) is 9.79. The molecule has 148 valence electrons. The van der Waals surface area contributed by atoms with Crippen molar-refractivity contribution in [3.63, 3.8) is 0 Å². The van der Waals surface area contributed by atoms with Crippen molar-refractivity contribution >= 4 is 5.91 Å². The highest BCUT2D eigenvalue weighted by molar-refractivity contribution is 5.95. The van der Waals surface area contributed by atoms with Crippen LogP contribution in [0.5, 0.6) is 5.75 Å². The predicted octanol–water partition coefficient (Wildman–Crippen LogP) is 4.12. The van der Waals surface area contributed by atoms with Crippen molar-refractivity contribution in [1.82, 2.24) is 14.5 Å². The van der Waals surface area contributed by atoms with Gasteiger partial charge in [0, 0.05) is 18.7 Å². The Morgan fingerprint density at radius 1 is 1.17 bits per heavy atom. The average molecular weight is 387 g/mol. The molecule has 3 aromatic rings. The van der Waals surface area contributed by atoms with E-state index >= 15 is 0 Å². The highest BCUT2D eigenvalue weighted by Gasteiger charge is 2.35. The first kappa shape index (κ1) is 19.0. The largest absolute Gasteiger partial charge is 0.497 e. The van der Waals surface area contributed by atoms with Gasteiger partial charge in [0.15, 0.2) is 0 Å². The van der Waals surface area contributed by atoms with Crippen LogP contribution in [0.25, 0.3) is 11.4 Å². The molecule has 29 heavy (non-hydrogen) atoms. The number of benzene rings is 2. The van der Waals surface area contributed by atoms with Gasteiger partial charge in [-0.15, -0.1) is 6.58 Å². The van der Waals surface area contributed by atoms with E-state index in [2.05, 4.69) is 23.3 Å². The van der Waals surface area contributed by atoms with Crippen LogP contribution in [-0.2, 0) is 13.0 Å². The number of imidazole rings is 1. The van der Waals surface area contributed by atoms with Gasteiger partial charge in [-0.25, -0.2) is 4.98 Å². The second-order valence-corrected chi connectivity index (χ2v) is 7.30. The van der Waals surface area contributed by atoms with Gasteiger partial charge in [0.25, 0.3) is 5.91 Å². The number of hydrogen-bond donors (Lipinski definition) is 0. The smallest absolute Gasteiger partial charge is 0.273 e. The summed E-state index contributed by atoms with van der Waals surface area (Å²) in [5, 5.41) is 0. The predicted molar refractivity (Wildman–Crippen MR) is 114 cm³/mol. The molecule has 0 radical (unpaired) electrons. The normalized spacial score (nSPS) is 15.9. The molecule has 1 aromatic heterocycles. The van der Waals surface area contributed by atoms with Crippen LogP contribution in [0.3, 0.4) is 0 Å². The molecule has 1 atom stereocenters. The Morgan fingerprint density at radius 3 is 2.55 bits per heavy atom. The third kappa shape index (κ3) is 3.56. The van der Waals surface area contributed by atoms with Gasteiger partial charge in [0.2, 0.25) is 0 Å². The zero-order chi connectivity index (χ0) is 20.4. The number of carbonyl (C=O) groups excluding carboxylic acids is 1. The highest BCUT2D eigenvalue weighted by Crippen LogP contribution is 2.30. The summed E-state index contributed by atoms with van der Waals surface area (Å²) in [5.74, 6) is 1.64. The maximum atomic E-state index is 13.4. The Labute approximate surface area is 171 Å². The molecule has 0 spiro atoms. The number of rotatable bonds is 6. The molecule has 4 rings (SSSR count). The zero-order valence-electron chi connectivity index (χ0n) is 16.8. The van der Waals surface area contributed by atoms with Crippen molar-refractivity contribution in [2.45, 2.75) is 25.9 Å². The Balaban J connectivity index is 1.75. The summed E-state index contributed by atoms with van der Waals surface area (Å²) < 4.78 is 7.34. The van der Waals surface area contributed by atoms with Crippen LogP contribution < -0.4 is 4.74 Å². The van der Waals surface area contributed by atoms with Crippen molar-refractivity contribution in [3.05, 3.63) is 84.2 Å². The van der Waals surface area contributed by atoms with E-state index < -0.39 is 0 Å². The van der Waals surface area contributed by atoms with Crippen molar-refractivity contribution in [1.29, 1.82) is 0 Å². The van der Waals surface area contributed by atoms with Crippen LogP contribution in [0.4, 0.5) is 0 Å². The molecule has 5 nitrogen and oxygen atoms in total. The maximum absolute atomic E-state index is 13.4. The van der Waals surface area contributed by atoms with Gasteiger partial charge in [0.05, 0.1) is 18.8 Å². The van der Waals surface area contributed by atoms with Gasteiger partial charge in [-0.05, 0) is 43.2 Å². The molecule has 0 saturated heterocycles. The molecule has 0 N–H and O–H groups in total. The van der Waals surface area contributed by atoms with Crippen molar-refractivity contribution in [2.75, 3.05) is 13.7 Å². The van der Waals surface area contributed by atoms with E-state index in [0.717, 1.165) is 29.3 Å². The third-order valence-corrected chi connectivity index (χ3v) is 5.43. The van der Waals surface area contributed by atoms with Gasteiger partial charge in [-0.1, -0.05) is 36.4 Å². The summed E-state index contributed by atoms with van der Waals surface area (Å²) in [4.78, 5) is 20.0. The molecular weight excluding hydrogens is 362 g/mol. The number of amides is 1. The molecule has 2 heterocycles. The fourth-order valence-corrected chi connectivity index (χ4v) is 4.02. The molecule has 0 saturated carbocycles. The SMILES string of the molecule is C=CCN1C(=O)c2c(C)nc(-c3ccc(OC)cc3)n2C[C@@H]1Cc1ccccc1. The van der Waals surface area contributed by atoms with Gasteiger partial charge in [-0.2, -0.15) is 0 Å². The molecule has 5 heteroatoms. The Morgan fingerprint density at radius 2 is 1.90 bits per heavy atom. The minimum atomic E-state index is 0.0156. The molecule has 2 aromatic carbocycles. The fraction of sp³-hybridized carbons (Fsp3) is 0.250. The summed E-state index contributed by atoms with van der Waals surface area (Å²) >= 11 is 0. The second kappa shape index (κ2) is 7.95. The van der Waals surface area contributed by atoms with Gasteiger partial charge in [-0.3, -0.25) is 4.79 Å². The number of ether oxygens (including phenoxy) is 1. The van der Waals surface area contributed by atoms with Gasteiger partial charge in [0.1, 0.15) is 17.3 Å². The number of fused-ring (bicyclic) bond motifs is 1. The highest BCUT2D eigenvalue weighted by atomic mass is 16.5. The van der Waals surface area contributed by atoms with Crippen molar-refractivity contribution in [3.8, 4) is 17.1 Å². The van der Waals surface area contributed by atoms with Gasteiger partial charge >= 0.3 is 0 Å². The number of carbonyl (C=O) groups is 1. The van der Waals surface area contributed by atoms with Crippen molar-refractivity contribution in [2.24, 2.45) is 0 Å². The summed E-state index contributed by atoms with van der Waals surface area (Å²) in [6.07, 6.45) is 2.58. The Bertz CT molecular complexity index is 1020. The molecular formula is C24H25N3O2. The molecule has 0 unspecified atom stereocenters. The summed E-state index contributed by atoms with van der Waals surface area (Å²) in [6, 6.07) is 18.1. The van der Waals surface area contributed by atoms with E-state index in [-0.39, 0.29) is 11.9 Å². The average Bonchev–Trinajstić information content (AvgIpc) is 3.08. The lowest BCUT2D eigenvalue weighted by Crippen LogP contribution is -2.49. The lowest BCUT2D eigenvalue weighted by Gasteiger charge is -2.36. The topological polar surface area (TPSA) is 47.4 Å². The van der Waals surface area contributed by atoms with Crippen LogP contribution in [0, 0.1) is 6.92 Å². The number of aromatic nitrogens is 2. The minimum Gasteiger partial charge on any atom is -0.497 e. The monoisotopic (exact) mass is 387 g/mol. The standard InChI is InChI=1S/C24H25N3O2/c1-4-14-26-20(15-18-8-6-5-7-9-18)16-27-22(24(26)28)17(2)25-23(27)19-10-12-21(29-3)13-11-19/h4-13,20H,1,14-16H2,2-3H3/t20-/m0/s1. The van der Waals surface area contributed by atoms with Crippen molar-refractivity contribution < 1.29 is 9.53 Å². The molecule has 0 bridgehead atoms. The first-order chi connectivity index (χ1) is 14.1. The van der Waals surface area contributed by atoms with Crippen LogP contribution in [0.15, 0.2) is 67.3 Å². The molecule has 0 fully saturated rings. The van der Waals surface area contributed by atoms with Crippen LogP contribution in [0.1, 0.15) is 21.7 Å². The minimum absolute atomic E-state index is 0.0156. The molecule has 1 aliphatic heterocycles. The third-order valence-electron chi connectivity index (χ3n) is 5.43. The number of methoxy groups -OCH3 is 1. The Kier molecular flexibility index (Phi) is 5.21. The Hall–Kier alpha value is -3.34. The molecule has 1 aliphatic rings. The van der Waals surface area contributed by atoms with E-state index in [9.17, 15) is 4.79 Å². The van der Waals surface area contributed by atoms with E-state index in [1.807, 2.05) is 54.3 Å². The number of hydrogen-bond acceptors (Lipinski definition) is 3. The summed E-state index contributed by atoms with van der Waals surface area (Å²) in [6.45, 7) is 6.98. The quantitative estimate of drug-likeness (QED) is 0.598. The molecule has 0 aliphatic carbocycles. The lowest BCUT2D eigenvalue weighted by molar-refractivity contribution is 0.0622. The summed E-state index contributed by atoms with van der Waals surface area (Å²) in [5.41, 5.74) is 3.62. The van der Waals surface area contributed by atoms with E-state index in [0.29, 0.717) is 18.8 Å². The summed E-state index contributed by atoms with van der Waals surface area (Å²) in [7, 11) is 1.65. The van der Waals surface area contributed by atoms with Crippen LogP contribution in [0.2, 0.25) is 0 Å².